The number of ether oxygens (including phenoxy) is 4. The molecule has 0 aliphatic carbocycles. The van der Waals surface area contributed by atoms with Gasteiger partial charge in [0.2, 0.25) is 5.91 Å². The maximum absolute atomic E-state index is 12.4. The number of rotatable bonds is 12. The van der Waals surface area contributed by atoms with Gasteiger partial charge in [-0.1, -0.05) is 0 Å². The molecule has 3 aliphatic heterocycles. The summed E-state index contributed by atoms with van der Waals surface area (Å²) in [4.78, 5) is 34.1. The Morgan fingerprint density at radius 2 is 1.55 bits per heavy atom. The van der Waals surface area contributed by atoms with E-state index < -0.39 is 136 Å². The monoisotopic (exact) mass is 649 g/mol. The van der Waals surface area contributed by atoms with Gasteiger partial charge in [0.1, 0.15) is 61.0 Å². The predicted octanol–water partition coefficient (Wildman–Crippen LogP) is -8.29. The Balaban J connectivity index is 1.86. The summed E-state index contributed by atoms with van der Waals surface area (Å²) in [5.41, 5.74) is 0. The van der Waals surface area contributed by atoms with Crippen molar-refractivity contribution in [1.82, 2.24) is 5.32 Å². The Labute approximate surface area is 248 Å². The van der Waals surface area contributed by atoms with Crippen molar-refractivity contribution >= 4 is 11.9 Å². The molecule has 256 valence electrons. The molecule has 1 amide bonds. The Bertz CT molecular complexity index is 959. The second kappa shape index (κ2) is 15.2. The van der Waals surface area contributed by atoms with Gasteiger partial charge in [-0.05, 0) is 0 Å². The summed E-state index contributed by atoms with van der Waals surface area (Å²) in [5, 5.41) is 124. The maximum atomic E-state index is 12.4. The molecule has 0 saturated carbocycles. The molecular formula is C23H39NO20. The van der Waals surface area contributed by atoms with E-state index in [9.17, 15) is 70.9 Å². The number of hydrogen-bond donors (Lipinski definition) is 13. The van der Waals surface area contributed by atoms with Crippen LogP contribution >= 0.6 is 0 Å². The summed E-state index contributed by atoms with van der Waals surface area (Å²) in [5.74, 6) is -5.79. The lowest BCUT2D eigenvalue weighted by molar-refractivity contribution is -0.480. The topological polar surface area (TPSA) is 344 Å². The molecule has 13 N–H and O–H groups in total. The van der Waals surface area contributed by atoms with Crippen LogP contribution in [0, 0.1) is 0 Å². The lowest BCUT2D eigenvalue weighted by Gasteiger charge is -2.47. The predicted molar refractivity (Wildman–Crippen MR) is 131 cm³/mol. The zero-order valence-electron chi connectivity index (χ0n) is 23.1. The number of hydrogen-bond acceptors (Lipinski definition) is 19. The molecule has 0 unspecified atom stereocenters. The maximum Gasteiger partial charge on any atom is 0.367 e. The number of carbonyl (C=O) groups is 2. The number of aliphatic hydroxyl groups excluding tert-OH is 11. The summed E-state index contributed by atoms with van der Waals surface area (Å²) in [7, 11) is 0. The van der Waals surface area contributed by atoms with E-state index in [1.165, 1.54) is 0 Å². The number of carboxylic acids is 1. The molecule has 3 heterocycles. The minimum Gasteiger partial charge on any atom is -0.477 e. The highest BCUT2D eigenvalue weighted by molar-refractivity contribution is 5.76. The Morgan fingerprint density at radius 1 is 0.909 bits per heavy atom. The van der Waals surface area contributed by atoms with E-state index in [0.717, 1.165) is 6.92 Å². The zero-order valence-corrected chi connectivity index (χ0v) is 23.1. The molecule has 0 aromatic rings. The summed E-state index contributed by atoms with van der Waals surface area (Å²) in [6, 6.07) is -1.53. The van der Waals surface area contributed by atoms with Crippen LogP contribution in [0.1, 0.15) is 13.3 Å². The van der Waals surface area contributed by atoms with Gasteiger partial charge >= 0.3 is 11.8 Å². The fourth-order valence-electron chi connectivity index (χ4n) is 5.01. The highest BCUT2D eigenvalue weighted by Crippen LogP contribution is 2.36. The first-order chi connectivity index (χ1) is 20.6. The van der Waals surface area contributed by atoms with Crippen molar-refractivity contribution in [3.05, 3.63) is 0 Å². The molecule has 21 nitrogen and oxygen atoms in total. The van der Waals surface area contributed by atoms with Crippen LogP contribution in [0.2, 0.25) is 0 Å². The Kier molecular flexibility index (Phi) is 12.7. The van der Waals surface area contributed by atoms with Crippen LogP contribution < -0.4 is 5.32 Å². The fraction of sp³-hybridized carbons (Fsp3) is 0.913. The average Bonchev–Trinajstić information content (AvgIpc) is 2.98. The van der Waals surface area contributed by atoms with Crippen molar-refractivity contribution < 1.29 is 99.6 Å². The highest BCUT2D eigenvalue weighted by Gasteiger charge is 2.58. The first-order valence-corrected chi connectivity index (χ1v) is 13.4. The standard InChI is InChI=1S/C23H39NO20/c1-6(28)24-11-7(29)2-23(22(37)38,42-18(11)12(31)8(30)3-25)44-43-19-13(32)9(4-26)40-21(16(19)35)41-17-10(5-27)39-20(36)15(34)14(17)33/h7-21,25-27,29-36H,2-5H2,1H3,(H,24,28)(H,37,38)/t7-,8+,9+,10+,11+,12+,13-,14+,15+,16+,17+,18+,19-,20+,21-,23-/m0/s1. The zero-order chi connectivity index (χ0) is 33.1. The molecule has 0 radical (unpaired) electrons. The lowest BCUT2D eigenvalue weighted by Crippen LogP contribution is -2.68. The van der Waals surface area contributed by atoms with Gasteiger partial charge < -0.3 is 85.5 Å². The van der Waals surface area contributed by atoms with E-state index >= 15 is 0 Å². The third-order valence-electron chi connectivity index (χ3n) is 7.43. The lowest BCUT2D eigenvalue weighted by atomic mass is 9.88. The third-order valence-corrected chi connectivity index (χ3v) is 7.43. The molecule has 0 spiro atoms. The molecule has 44 heavy (non-hydrogen) atoms. The molecule has 0 bridgehead atoms. The van der Waals surface area contributed by atoms with Crippen molar-refractivity contribution in [3.63, 3.8) is 0 Å². The molecule has 3 rings (SSSR count). The van der Waals surface area contributed by atoms with Gasteiger partial charge in [-0.25, -0.2) is 9.68 Å². The quantitative estimate of drug-likeness (QED) is 0.0689. The smallest absolute Gasteiger partial charge is 0.367 e. The van der Waals surface area contributed by atoms with Crippen molar-refractivity contribution in [2.24, 2.45) is 0 Å². The van der Waals surface area contributed by atoms with E-state index in [1.807, 2.05) is 0 Å². The minimum atomic E-state index is -3.05. The molecule has 0 aromatic heterocycles. The van der Waals surface area contributed by atoms with Crippen molar-refractivity contribution in [3.8, 4) is 0 Å². The SMILES string of the molecule is CC(=O)N[C@H]1[C@H]([C@H](O)[C@H](O)CO)O[C@@](OO[C@H]2[C@@H](O)[C@@H](CO)O[C@@H](O[C@H]3[C@H](O)[C@@H](O)[C@H](O)O[C@@H]3CO)[C@@H]2O)(C(=O)O)C[C@@H]1O. The van der Waals surface area contributed by atoms with E-state index in [2.05, 4.69) is 5.32 Å². The normalized spacial score (nSPS) is 44.5. The first kappa shape index (κ1) is 36.7. The summed E-state index contributed by atoms with van der Waals surface area (Å²) in [6.07, 6.45) is -27.5. The van der Waals surface area contributed by atoms with Crippen LogP contribution in [0.5, 0.6) is 0 Å². The van der Waals surface area contributed by atoms with E-state index in [-0.39, 0.29) is 0 Å². The molecule has 3 fully saturated rings. The number of amides is 1. The first-order valence-electron chi connectivity index (χ1n) is 13.4. The number of nitrogens with one attached hydrogen (secondary N) is 1. The van der Waals surface area contributed by atoms with E-state index in [0.29, 0.717) is 0 Å². The van der Waals surface area contributed by atoms with Gasteiger partial charge in [-0.15, -0.1) is 0 Å². The van der Waals surface area contributed by atoms with Gasteiger partial charge in [-0.2, -0.15) is 4.89 Å². The second-order valence-corrected chi connectivity index (χ2v) is 10.6. The summed E-state index contributed by atoms with van der Waals surface area (Å²) in [6.45, 7) is -1.82. The number of carbonyl (C=O) groups excluding carboxylic acids is 1. The molecule has 0 aromatic carbocycles. The van der Waals surface area contributed by atoms with Crippen LogP contribution in [0.25, 0.3) is 0 Å². The second-order valence-electron chi connectivity index (χ2n) is 10.6. The van der Waals surface area contributed by atoms with Crippen molar-refractivity contribution in [1.29, 1.82) is 0 Å². The molecule has 3 aliphatic rings. The largest absolute Gasteiger partial charge is 0.477 e. The average molecular weight is 650 g/mol. The van der Waals surface area contributed by atoms with Gasteiger partial charge in [0.15, 0.2) is 18.7 Å². The molecule has 16 atom stereocenters. The van der Waals surface area contributed by atoms with Gasteiger partial charge in [-0.3, -0.25) is 4.79 Å². The molecular weight excluding hydrogens is 610 g/mol. The van der Waals surface area contributed by atoms with E-state index in [1.54, 1.807) is 0 Å². The third kappa shape index (κ3) is 7.62. The van der Waals surface area contributed by atoms with Crippen molar-refractivity contribution in [2.45, 2.75) is 111 Å². The van der Waals surface area contributed by atoms with Crippen LogP contribution in [-0.4, -0.2) is 191 Å². The van der Waals surface area contributed by atoms with Crippen LogP contribution in [0.3, 0.4) is 0 Å². The van der Waals surface area contributed by atoms with Gasteiger partial charge in [0.25, 0.3) is 0 Å². The summed E-state index contributed by atoms with van der Waals surface area (Å²) < 4.78 is 21.1. The van der Waals surface area contributed by atoms with Gasteiger partial charge in [0.05, 0.1) is 32.0 Å². The number of carboxylic acid groups (broad SMARTS) is 1. The number of aliphatic carboxylic acids is 1. The van der Waals surface area contributed by atoms with E-state index in [4.69, 9.17) is 28.7 Å². The molecule has 3 saturated heterocycles. The Hall–Kier alpha value is -1.74. The highest BCUT2D eigenvalue weighted by atomic mass is 17.2. The minimum absolute atomic E-state index is 0.748. The van der Waals surface area contributed by atoms with Crippen LogP contribution in [-0.2, 0) is 38.3 Å². The van der Waals surface area contributed by atoms with Crippen LogP contribution in [0.15, 0.2) is 0 Å². The van der Waals surface area contributed by atoms with Crippen molar-refractivity contribution in [2.75, 3.05) is 19.8 Å². The summed E-state index contributed by atoms with van der Waals surface area (Å²) >= 11 is 0. The number of aliphatic hydroxyl groups is 11. The van der Waals surface area contributed by atoms with Crippen LogP contribution in [0.4, 0.5) is 0 Å². The Morgan fingerprint density at radius 3 is 2.09 bits per heavy atom. The molecule has 21 heteroatoms. The van der Waals surface area contributed by atoms with Gasteiger partial charge in [0, 0.05) is 13.3 Å². The fourth-order valence-corrected chi connectivity index (χ4v) is 5.01.